The average molecular weight is 375 g/mol. The van der Waals surface area contributed by atoms with Crippen LogP contribution in [-0.4, -0.2) is 67.5 Å². The van der Waals surface area contributed by atoms with Gasteiger partial charge in [-0.1, -0.05) is 0 Å². The van der Waals surface area contributed by atoms with E-state index in [4.69, 9.17) is 19.4 Å². The van der Waals surface area contributed by atoms with Crippen LogP contribution in [0.1, 0.15) is 29.1 Å². The first-order valence-corrected chi connectivity index (χ1v) is 10.6. The van der Waals surface area contributed by atoms with Gasteiger partial charge in [0.1, 0.15) is 16.5 Å². The Hall–Kier alpha value is -1.28. The molecule has 0 saturated carbocycles. The average Bonchev–Trinajstić information content (AvgIpc) is 3.07. The number of hydrogen-bond donors (Lipinski definition) is 0. The Bertz CT molecular complexity index is 781. The van der Waals surface area contributed by atoms with E-state index in [1.54, 1.807) is 4.88 Å². The Morgan fingerprint density at radius 2 is 1.62 bits per heavy atom. The summed E-state index contributed by atoms with van der Waals surface area (Å²) in [4.78, 5) is 17.6. The van der Waals surface area contributed by atoms with Crippen LogP contribution in [0.25, 0.3) is 10.2 Å². The van der Waals surface area contributed by atoms with E-state index in [-0.39, 0.29) is 0 Å². The highest BCUT2D eigenvalue weighted by molar-refractivity contribution is 7.19. The van der Waals surface area contributed by atoms with Crippen molar-refractivity contribution in [3.05, 3.63) is 16.3 Å². The van der Waals surface area contributed by atoms with Crippen LogP contribution in [0.2, 0.25) is 0 Å². The van der Waals surface area contributed by atoms with Crippen molar-refractivity contribution in [3.63, 3.8) is 0 Å². The summed E-state index contributed by atoms with van der Waals surface area (Å²) >= 11 is 1.90. The first-order valence-electron chi connectivity index (χ1n) is 9.82. The summed E-state index contributed by atoms with van der Waals surface area (Å²) in [6.45, 7) is 7.80. The Labute approximate surface area is 158 Å². The number of anilines is 1. The lowest BCUT2D eigenvalue weighted by atomic mass is 9.97. The van der Waals surface area contributed by atoms with E-state index in [0.717, 1.165) is 70.8 Å². The molecule has 0 bridgehead atoms. The zero-order valence-corrected chi connectivity index (χ0v) is 16.0. The van der Waals surface area contributed by atoms with Crippen LogP contribution in [0.15, 0.2) is 0 Å². The lowest BCUT2D eigenvalue weighted by Crippen LogP contribution is -2.38. The largest absolute Gasteiger partial charge is 0.379 e. The van der Waals surface area contributed by atoms with E-state index in [0.29, 0.717) is 0 Å². The highest BCUT2D eigenvalue weighted by atomic mass is 32.1. The molecule has 6 nitrogen and oxygen atoms in total. The van der Waals surface area contributed by atoms with Crippen molar-refractivity contribution in [2.75, 3.05) is 57.5 Å². The predicted octanol–water partition coefficient (Wildman–Crippen LogP) is 2.24. The lowest BCUT2D eigenvalue weighted by Gasteiger charge is -2.30. The molecule has 3 aliphatic rings. The van der Waals surface area contributed by atoms with Gasteiger partial charge in [-0.15, -0.1) is 11.3 Å². The normalized spacial score (nSPS) is 21.9. The van der Waals surface area contributed by atoms with Gasteiger partial charge in [-0.05, 0) is 31.2 Å². The molecule has 0 unspecified atom stereocenters. The number of aromatic nitrogens is 2. The van der Waals surface area contributed by atoms with Crippen LogP contribution < -0.4 is 4.90 Å². The van der Waals surface area contributed by atoms with Gasteiger partial charge in [0, 0.05) is 31.1 Å². The van der Waals surface area contributed by atoms with E-state index in [9.17, 15) is 0 Å². The Kier molecular flexibility index (Phi) is 4.79. The third-order valence-corrected chi connectivity index (χ3v) is 6.81. The van der Waals surface area contributed by atoms with Crippen molar-refractivity contribution in [1.82, 2.24) is 14.9 Å². The third-order valence-electron chi connectivity index (χ3n) is 5.62. The zero-order valence-electron chi connectivity index (χ0n) is 15.2. The van der Waals surface area contributed by atoms with Crippen LogP contribution in [0.5, 0.6) is 0 Å². The van der Waals surface area contributed by atoms with Crippen LogP contribution >= 0.6 is 11.3 Å². The molecule has 2 aromatic heterocycles. The molecule has 2 aliphatic heterocycles. The molecule has 5 rings (SSSR count). The molecular weight excluding hydrogens is 348 g/mol. The topological polar surface area (TPSA) is 50.7 Å². The van der Waals surface area contributed by atoms with Gasteiger partial charge in [0.15, 0.2) is 0 Å². The molecule has 0 atom stereocenters. The molecule has 2 fully saturated rings. The van der Waals surface area contributed by atoms with E-state index in [1.165, 1.54) is 41.5 Å². The summed E-state index contributed by atoms with van der Waals surface area (Å²) in [5.41, 5.74) is 1.52. The molecule has 0 radical (unpaired) electrons. The van der Waals surface area contributed by atoms with Gasteiger partial charge in [-0.25, -0.2) is 9.97 Å². The molecule has 2 aromatic rings. The highest BCUT2D eigenvalue weighted by Gasteiger charge is 2.25. The molecular formula is C19H26N4O2S. The zero-order chi connectivity index (χ0) is 17.3. The van der Waals surface area contributed by atoms with Gasteiger partial charge in [0.05, 0.1) is 38.4 Å². The Morgan fingerprint density at radius 1 is 0.885 bits per heavy atom. The number of nitrogens with zero attached hydrogens (tertiary/aromatic N) is 4. The van der Waals surface area contributed by atoms with Crippen LogP contribution in [0.4, 0.5) is 5.82 Å². The molecule has 0 amide bonds. The van der Waals surface area contributed by atoms with E-state index < -0.39 is 0 Å². The second kappa shape index (κ2) is 7.38. The monoisotopic (exact) mass is 374 g/mol. The number of ether oxygens (including phenoxy) is 2. The summed E-state index contributed by atoms with van der Waals surface area (Å²) in [5.74, 6) is 2.11. The van der Waals surface area contributed by atoms with Gasteiger partial charge in [0.25, 0.3) is 0 Å². The quantitative estimate of drug-likeness (QED) is 0.821. The number of rotatable bonds is 3. The van der Waals surface area contributed by atoms with Crippen LogP contribution in [0.3, 0.4) is 0 Å². The maximum atomic E-state index is 5.57. The van der Waals surface area contributed by atoms with Crippen molar-refractivity contribution in [2.24, 2.45) is 0 Å². The molecule has 7 heteroatoms. The van der Waals surface area contributed by atoms with Crippen molar-refractivity contribution in [1.29, 1.82) is 0 Å². The maximum Gasteiger partial charge on any atom is 0.146 e. The van der Waals surface area contributed by atoms with E-state index in [1.807, 2.05) is 11.3 Å². The van der Waals surface area contributed by atoms with Crippen molar-refractivity contribution >= 4 is 27.4 Å². The minimum absolute atomic E-state index is 0.788. The number of thiophene rings is 1. The van der Waals surface area contributed by atoms with Gasteiger partial charge < -0.3 is 14.4 Å². The summed E-state index contributed by atoms with van der Waals surface area (Å²) in [6, 6.07) is 0. The van der Waals surface area contributed by atoms with Gasteiger partial charge >= 0.3 is 0 Å². The molecule has 0 N–H and O–H groups in total. The second-order valence-corrected chi connectivity index (χ2v) is 8.43. The smallest absolute Gasteiger partial charge is 0.146 e. The SMILES string of the molecule is C1CCc2c(sc3nc(CN4CCOCC4)nc(N4CCOCC4)c23)C1. The molecule has 140 valence electrons. The summed E-state index contributed by atoms with van der Waals surface area (Å²) in [6.07, 6.45) is 4.98. The fourth-order valence-corrected chi connectivity index (χ4v) is 5.49. The highest BCUT2D eigenvalue weighted by Crippen LogP contribution is 2.40. The lowest BCUT2D eigenvalue weighted by molar-refractivity contribution is 0.0331. The fourth-order valence-electron chi connectivity index (χ4n) is 4.22. The van der Waals surface area contributed by atoms with Crippen LogP contribution in [-0.2, 0) is 28.9 Å². The minimum Gasteiger partial charge on any atom is -0.379 e. The van der Waals surface area contributed by atoms with Gasteiger partial charge in [-0.3, -0.25) is 4.90 Å². The standard InChI is InChI=1S/C19H26N4O2S/c1-2-4-15-14(3-1)17-18(23-7-11-25-12-8-23)20-16(21-19(17)26-15)13-22-5-9-24-10-6-22/h1-13H2. The van der Waals surface area contributed by atoms with Gasteiger partial charge in [-0.2, -0.15) is 0 Å². The van der Waals surface area contributed by atoms with Crippen LogP contribution in [0, 0.1) is 0 Å². The molecule has 0 aromatic carbocycles. The second-order valence-electron chi connectivity index (χ2n) is 7.34. The first-order chi connectivity index (χ1) is 12.9. The molecule has 26 heavy (non-hydrogen) atoms. The summed E-state index contributed by atoms with van der Waals surface area (Å²) in [5, 5.41) is 1.33. The third kappa shape index (κ3) is 3.22. The first kappa shape index (κ1) is 16.9. The molecule has 0 spiro atoms. The minimum atomic E-state index is 0.788. The van der Waals surface area contributed by atoms with Crippen molar-refractivity contribution in [2.45, 2.75) is 32.2 Å². The summed E-state index contributed by atoms with van der Waals surface area (Å²) < 4.78 is 11.1. The molecule has 4 heterocycles. The number of fused-ring (bicyclic) bond motifs is 3. The van der Waals surface area contributed by atoms with E-state index in [2.05, 4.69) is 9.80 Å². The maximum absolute atomic E-state index is 5.57. The van der Waals surface area contributed by atoms with E-state index >= 15 is 0 Å². The number of hydrogen-bond acceptors (Lipinski definition) is 7. The fraction of sp³-hybridized carbons (Fsp3) is 0.684. The van der Waals surface area contributed by atoms with Gasteiger partial charge in [0.2, 0.25) is 0 Å². The molecule has 1 aliphatic carbocycles. The Balaban J connectivity index is 1.56. The Morgan fingerprint density at radius 3 is 2.42 bits per heavy atom. The summed E-state index contributed by atoms with van der Waals surface area (Å²) in [7, 11) is 0. The predicted molar refractivity (Wildman–Crippen MR) is 103 cm³/mol. The number of aryl methyl sites for hydroxylation is 2. The van der Waals surface area contributed by atoms with Crippen molar-refractivity contribution in [3.8, 4) is 0 Å². The number of morpholine rings is 2. The van der Waals surface area contributed by atoms with Crippen molar-refractivity contribution < 1.29 is 9.47 Å². The molecule has 2 saturated heterocycles.